The lowest BCUT2D eigenvalue weighted by Gasteiger charge is -2.42. The van der Waals surface area contributed by atoms with E-state index in [-0.39, 0.29) is 11.5 Å². The van der Waals surface area contributed by atoms with Crippen LogP contribution in [0.2, 0.25) is 0 Å². The standard InChI is InChI=1S/C14H24N4O2/c1-11-12(8-16-17-11)9-18-7-3-5-14(10-18,20-2)6-4-13(15)19/h8H,3-7,9-10H2,1-2H3,(H2,15,19)(H,16,17)/t14-/m1/s1. The van der Waals surface area contributed by atoms with Gasteiger partial charge in [-0.3, -0.25) is 14.8 Å². The molecule has 0 radical (unpaired) electrons. The Morgan fingerprint density at radius 3 is 3.05 bits per heavy atom. The predicted molar refractivity (Wildman–Crippen MR) is 76.0 cm³/mol. The Kier molecular flexibility index (Phi) is 4.77. The van der Waals surface area contributed by atoms with Crippen LogP contribution in [0.5, 0.6) is 0 Å². The van der Waals surface area contributed by atoms with Crippen molar-refractivity contribution in [2.45, 2.75) is 44.8 Å². The number of ether oxygens (including phenoxy) is 1. The van der Waals surface area contributed by atoms with Crippen molar-refractivity contribution in [3.05, 3.63) is 17.5 Å². The molecule has 1 aromatic heterocycles. The lowest BCUT2D eigenvalue weighted by atomic mass is 9.87. The van der Waals surface area contributed by atoms with Gasteiger partial charge in [0.15, 0.2) is 0 Å². The van der Waals surface area contributed by atoms with Crippen molar-refractivity contribution < 1.29 is 9.53 Å². The van der Waals surface area contributed by atoms with Crippen LogP contribution < -0.4 is 5.73 Å². The van der Waals surface area contributed by atoms with Crippen molar-refractivity contribution in [1.29, 1.82) is 0 Å². The van der Waals surface area contributed by atoms with Gasteiger partial charge >= 0.3 is 0 Å². The van der Waals surface area contributed by atoms with E-state index in [4.69, 9.17) is 10.5 Å². The average molecular weight is 280 g/mol. The van der Waals surface area contributed by atoms with Crippen LogP contribution in [0.15, 0.2) is 6.20 Å². The Labute approximate surface area is 119 Å². The molecular formula is C14H24N4O2. The summed E-state index contributed by atoms with van der Waals surface area (Å²) in [7, 11) is 1.73. The van der Waals surface area contributed by atoms with Gasteiger partial charge in [0.25, 0.3) is 0 Å². The first-order valence-corrected chi connectivity index (χ1v) is 7.09. The maximum Gasteiger partial charge on any atom is 0.217 e. The Morgan fingerprint density at radius 2 is 2.45 bits per heavy atom. The lowest BCUT2D eigenvalue weighted by molar-refractivity contribution is -0.121. The fourth-order valence-corrected chi connectivity index (χ4v) is 2.93. The Morgan fingerprint density at radius 1 is 1.65 bits per heavy atom. The number of methoxy groups -OCH3 is 1. The van der Waals surface area contributed by atoms with E-state index in [0.29, 0.717) is 12.8 Å². The van der Waals surface area contributed by atoms with Crippen LogP contribution in [-0.2, 0) is 16.1 Å². The molecule has 1 aromatic rings. The Hall–Kier alpha value is -1.40. The minimum Gasteiger partial charge on any atom is -0.377 e. The molecule has 6 heteroatoms. The maximum atomic E-state index is 11.0. The quantitative estimate of drug-likeness (QED) is 0.813. The van der Waals surface area contributed by atoms with Crippen molar-refractivity contribution in [3.8, 4) is 0 Å². The number of aromatic nitrogens is 2. The summed E-state index contributed by atoms with van der Waals surface area (Å²) in [5.74, 6) is -0.260. The second-order valence-electron chi connectivity index (χ2n) is 5.69. The number of rotatable bonds is 6. The number of aromatic amines is 1. The molecule has 1 aliphatic heterocycles. The van der Waals surface area contributed by atoms with Gasteiger partial charge in [-0.1, -0.05) is 0 Å². The number of H-pyrrole nitrogens is 1. The average Bonchev–Trinajstić information content (AvgIpc) is 2.82. The number of piperidine rings is 1. The van der Waals surface area contributed by atoms with Gasteiger partial charge in [0.1, 0.15) is 0 Å². The second-order valence-corrected chi connectivity index (χ2v) is 5.69. The van der Waals surface area contributed by atoms with Crippen molar-refractivity contribution in [1.82, 2.24) is 15.1 Å². The highest BCUT2D eigenvalue weighted by Crippen LogP contribution is 2.30. The number of aryl methyl sites for hydroxylation is 1. The summed E-state index contributed by atoms with van der Waals surface area (Å²) in [6, 6.07) is 0. The zero-order chi connectivity index (χ0) is 14.6. The second kappa shape index (κ2) is 6.37. The number of nitrogens with one attached hydrogen (secondary N) is 1. The molecule has 0 bridgehead atoms. The zero-order valence-electron chi connectivity index (χ0n) is 12.3. The fourth-order valence-electron chi connectivity index (χ4n) is 2.93. The molecular weight excluding hydrogens is 256 g/mol. The van der Waals surface area contributed by atoms with Gasteiger partial charge in [-0.15, -0.1) is 0 Å². The van der Waals surface area contributed by atoms with E-state index in [9.17, 15) is 4.79 Å². The molecule has 0 aromatic carbocycles. The SMILES string of the molecule is CO[C@@]1(CCC(N)=O)CCCN(Cc2cn[nH]c2C)C1. The van der Waals surface area contributed by atoms with Crippen LogP contribution in [0, 0.1) is 6.92 Å². The highest BCUT2D eigenvalue weighted by Gasteiger charge is 2.35. The highest BCUT2D eigenvalue weighted by atomic mass is 16.5. The summed E-state index contributed by atoms with van der Waals surface area (Å²) in [4.78, 5) is 13.4. The summed E-state index contributed by atoms with van der Waals surface area (Å²) in [5, 5.41) is 7.02. The number of nitrogens with zero attached hydrogens (tertiary/aromatic N) is 2. The fraction of sp³-hybridized carbons (Fsp3) is 0.714. The van der Waals surface area contributed by atoms with E-state index in [1.807, 2.05) is 13.1 Å². The third kappa shape index (κ3) is 3.58. The number of hydrogen-bond acceptors (Lipinski definition) is 4. The lowest BCUT2D eigenvalue weighted by Crippen LogP contribution is -2.49. The van der Waals surface area contributed by atoms with Crippen molar-refractivity contribution in [2.75, 3.05) is 20.2 Å². The molecule has 1 fully saturated rings. The molecule has 0 saturated carbocycles. The molecule has 1 amide bonds. The Balaban J connectivity index is 1.99. The third-order valence-corrected chi connectivity index (χ3v) is 4.21. The first kappa shape index (κ1) is 15.0. The summed E-state index contributed by atoms with van der Waals surface area (Å²) >= 11 is 0. The zero-order valence-corrected chi connectivity index (χ0v) is 12.3. The number of carbonyl (C=O) groups excluding carboxylic acids is 1. The molecule has 112 valence electrons. The van der Waals surface area contributed by atoms with E-state index in [1.54, 1.807) is 7.11 Å². The van der Waals surface area contributed by atoms with E-state index < -0.39 is 0 Å². The van der Waals surface area contributed by atoms with Crippen LogP contribution in [0.4, 0.5) is 0 Å². The number of primary amides is 1. The number of amides is 1. The number of hydrogen-bond donors (Lipinski definition) is 2. The summed E-state index contributed by atoms with van der Waals surface area (Å²) in [5.41, 5.74) is 7.34. The van der Waals surface area contributed by atoms with Crippen molar-refractivity contribution in [2.24, 2.45) is 5.73 Å². The van der Waals surface area contributed by atoms with Crippen LogP contribution in [0.25, 0.3) is 0 Å². The molecule has 1 saturated heterocycles. The number of carbonyl (C=O) groups is 1. The monoisotopic (exact) mass is 280 g/mol. The minimum absolute atomic E-state index is 0.245. The summed E-state index contributed by atoms with van der Waals surface area (Å²) in [6.07, 6.45) is 5.01. The molecule has 1 atom stereocenters. The summed E-state index contributed by atoms with van der Waals surface area (Å²) < 4.78 is 5.74. The van der Waals surface area contributed by atoms with E-state index in [1.165, 1.54) is 5.56 Å². The van der Waals surface area contributed by atoms with Gasteiger partial charge in [-0.25, -0.2) is 0 Å². The van der Waals surface area contributed by atoms with Crippen LogP contribution in [0.1, 0.15) is 36.9 Å². The normalized spacial score (nSPS) is 23.9. The van der Waals surface area contributed by atoms with Crippen LogP contribution in [0.3, 0.4) is 0 Å². The van der Waals surface area contributed by atoms with Crippen molar-refractivity contribution in [3.63, 3.8) is 0 Å². The predicted octanol–water partition coefficient (Wildman–Crippen LogP) is 0.965. The van der Waals surface area contributed by atoms with Gasteiger partial charge in [-0.2, -0.15) is 5.10 Å². The van der Waals surface area contributed by atoms with Gasteiger partial charge < -0.3 is 10.5 Å². The Bertz CT molecular complexity index is 460. The van der Waals surface area contributed by atoms with Crippen molar-refractivity contribution >= 4 is 5.91 Å². The summed E-state index contributed by atoms with van der Waals surface area (Å²) in [6.45, 7) is 4.78. The molecule has 0 aliphatic carbocycles. The number of nitrogens with two attached hydrogens (primary N) is 1. The van der Waals surface area contributed by atoms with Crippen LogP contribution >= 0.6 is 0 Å². The van der Waals surface area contributed by atoms with Gasteiger partial charge in [0.05, 0.1) is 11.8 Å². The maximum absolute atomic E-state index is 11.0. The molecule has 2 heterocycles. The van der Waals surface area contributed by atoms with Gasteiger partial charge in [0, 0.05) is 37.9 Å². The van der Waals surface area contributed by atoms with Gasteiger partial charge in [-0.05, 0) is 32.7 Å². The molecule has 1 aliphatic rings. The molecule has 20 heavy (non-hydrogen) atoms. The van der Waals surface area contributed by atoms with E-state index in [0.717, 1.165) is 38.2 Å². The molecule has 6 nitrogen and oxygen atoms in total. The van der Waals surface area contributed by atoms with Crippen LogP contribution in [-0.4, -0.2) is 46.8 Å². The topological polar surface area (TPSA) is 84.2 Å². The van der Waals surface area contributed by atoms with Gasteiger partial charge in [0.2, 0.25) is 5.91 Å². The number of likely N-dealkylation sites (tertiary alicyclic amines) is 1. The van der Waals surface area contributed by atoms with E-state index in [2.05, 4.69) is 15.1 Å². The first-order chi connectivity index (χ1) is 9.54. The largest absolute Gasteiger partial charge is 0.377 e. The first-order valence-electron chi connectivity index (χ1n) is 7.09. The third-order valence-electron chi connectivity index (χ3n) is 4.21. The molecule has 2 rings (SSSR count). The van der Waals surface area contributed by atoms with E-state index >= 15 is 0 Å². The smallest absolute Gasteiger partial charge is 0.217 e. The highest BCUT2D eigenvalue weighted by molar-refractivity contribution is 5.73. The molecule has 3 N–H and O–H groups in total. The molecule has 0 unspecified atom stereocenters. The minimum atomic E-state index is -0.260. The molecule has 0 spiro atoms.